The van der Waals surface area contributed by atoms with E-state index in [0.29, 0.717) is 12.5 Å². The average molecular weight is 262 g/mol. The van der Waals surface area contributed by atoms with Crippen LogP contribution in [0.4, 0.5) is 4.79 Å². The lowest BCUT2D eigenvalue weighted by molar-refractivity contribution is 0.141. The maximum absolute atomic E-state index is 12.1. The summed E-state index contributed by atoms with van der Waals surface area (Å²) >= 11 is 0. The van der Waals surface area contributed by atoms with Gasteiger partial charge in [0.25, 0.3) is 0 Å². The number of nitrogens with zero attached hydrogens (tertiary/aromatic N) is 1. The highest BCUT2D eigenvalue weighted by Gasteiger charge is 2.30. The van der Waals surface area contributed by atoms with E-state index in [2.05, 4.69) is 24.4 Å². The number of nitrogens with one attached hydrogen (secondary N) is 1. The minimum Gasteiger partial charge on any atom is -0.392 e. The quantitative estimate of drug-likeness (QED) is 0.874. The van der Waals surface area contributed by atoms with Crippen LogP contribution in [0.5, 0.6) is 0 Å². The molecule has 0 aliphatic heterocycles. The fourth-order valence-corrected chi connectivity index (χ4v) is 2.74. The van der Waals surface area contributed by atoms with Gasteiger partial charge in [-0.1, -0.05) is 31.2 Å². The van der Waals surface area contributed by atoms with Crippen LogP contribution >= 0.6 is 0 Å². The summed E-state index contributed by atoms with van der Waals surface area (Å²) in [6, 6.07) is 8.19. The van der Waals surface area contributed by atoms with Crippen LogP contribution in [0.25, 0.3) is 0 Å². The Kier molecular flexibility index (Phi) is 4.10. The van der Waals surface area contributed by atoms with Crippen LogP contribution < -0.4 is 5.32 Å². The molecule has 0 saturated heterocycles. The molecular weight excluding hydrogens is 240 g/mol. The van der Waals surface area contributed by atoms with Gasteiger partial charge >= 0.3 is 6.03 Å². The van der Waals surface area contributed by atoms with Crippen molar-refractivity contribution in [1.29, 1.82) is 0 Å². The summed E-state index contributed by atoms with van der Waals surface area (Å²) in [5.41, 5.74) is 2.53. The number of carbonyl (C=O) groups excluding carboxylic acids is 1. The highest BCUT2D eigenvalue weighted by atomic mass is 16.3. The van der Waals surface area contributed by atoms with Crippen LogP contribution in [0, 0.1) is 5.92 Å². The molecule has 3 unspecified atom stereocenters. The van der Waals surface area contributed by atoms with E-state index in [4.69, 9.17) is 0 Å². The van der Waals surface area contributed by atoms with Crippen LogP contribution in [-0.4, -0.2) is 35.7 Å². The summed E-state index contributed by atoms with van der Waals surface area (Å²) in [7, 11) is 1.70. The van der Waals surface area contributed by atoms with Crippen LogP contribution in [0.1, 0.15) is 31.0 Å². The second-order valence-corrected chi connectivity index (χ2v) is 5.54. The number of rotatable bonds is 3. The third kappa shape index (κ3) is 3.07. The Morgan fingerprint density at radius 1 is 1.53 bits per heavy atom. The van der Waals surface area contributed by atoms with Crippen LogP contribution in [-0.2, 0) is 6.42 Å². The number of hydrogen-bond acceptors (Lipinski definition) is 2. The maximum Gasteiger partial charge on any atom is 0.317 e. The first-order chi connectivity index (χ1) is 8.99. The van der Waals surface area contributed by atoms with Gasteiger partial charge in [-0.05, 0) is 30.4 Å². The zero-order valence-corrected chi connectivity index (χ0v) is 11.8. The molecule has 2 amide bonds. The van der Waals surface area contributed by atoms with Crippen molar-refractivity contribution in [2.45, 2.75) is 32.4 Å². The van der Waals surface area contributed by atoms with Crippen molar-refractivity contribution in [2.75, 3.05) is 13.6 Å². The monoisotopic (exact) mass is 262 g/mol. The van der Waals surface area contributed by atoms with Crippen molar-refractivity contribution in [3.63, 3.8) is 0 Å². The zero-order valence-electron chi connectivity index (χ0n) is 11.8. The molecule has 104 valence electrons. The number of carbonyl (C=O) groups is 1. The Morgan fingerprint density at radius 2 is 2.21 bits per heavy atom. The molecule has 4 heteroatoms. The van der Waals surface area contributed by atoms with Crippen molar-refractivity contribution < 1.29 is 9.90 Å². The van der Waals surface area contributed by atoms with Gasteiger partial charge in [-0.3, -0.25) is 0 Å². The summed E-state index contributed by atoms with van der Waals surface area (Å²) in [5.74, 6) is 0.404. The van der Waals surface area contributed by atoms with E-state index < -0.39 is 6.10 Å². The van der Waals surface area contributed by atoms with Crippen LogP contribution in [0.15, 0.2) is 24.3 Å². The Bertz CT molecular complexity index is 459. The first-order valence-electron chi connectivity index (χ1n) is 6.76. The van der Waals surface area contributed by atoms with Crippen LogP contribution in [0.3, 0.4) is 0 Å². The van der Waals surface area contributed by atoms with Gasteiger partial charge in [0.1, 0.15) is 0 Å². The summed E-state index contributed by atoms with van der Waals surface area (Å²) in [6.07, 6.45) is 0.491. The molecule has 0 spiro atoms. The van der Waals surface area contributed by atoms with Gasteiger partial charge in [-0.2, -0.15) is 0 Å². The molecular formula is C15H22N2O2. The molecule has 2 N–H and O–H groups in total. The third-order valence-electron chi connectivity index (χ3n) is 3.66. The van der Waals surface area contributed by atoms with Gasteiger partial charge in [0.15, 0.2) is 0 Å². The molecule has 3 atom stereocenters. The number of urea groups is 1. The van der Waals surface area contributed by atoms with E-state index in [1.807, 2.05) is 12.1 Å². The highest BCUT2D eigenvalue weighted by molar-refractivity contribution is 5.74. The van der Waals surface area contributed by atoms with Crippen molar-refractivity contribution in [3.8, 4) is 0 Å². The molecule has 4 nitrogen and oxygen atoms in total. The highest BCUT2D eigenvalue weighted by Crippen LogP contribution is 2.35. The molecule has 0 bridgehead atoms. The number of hydrogen-bond donors (Lipinski definition) is 2. The number of benzene rings is 1. The predicted octanol–water partition coefficient (Wildman–Crippen LogP) is 1.94. The molecule has 2 rings (SSSR count). The van der Waals surface area contributed by atoms with Crippen molar-refractivity contribution in [1.82, 2.24) is 10.2 Å². The van der Waals surface area contributed by atoms with Crippen molar-refractivity contribution in [3.05, 3.63) is 35.4 Å². The molecule has 0 radical (unpaired) electrons. The van der Waals surface area contributed by atoms with Gasteiger partial charge in [0.2, 0.25) is 0 Å². The van der Waals surface area contributed by atoms with E-state index in [1.54, 1.807) is 14.0 Å². The Labute approximate surface area is 114 Å². The molecule has 0 fully saturated rings. The van der Waals surface area contributed by atoms with Crippen LogP contribution in [0.2, 0.25) is 0 Å². The van der Waals surface area contributed by atoms with E-state index in [0.717, 1.165) is 6.42 Å². The first-order valence-corrected chi connectivity index (χ1v) is 6.76. The standard InChI is InChI=1S/C15H22N2O2/c1-10-8-12-6-4-5-7-13(12)14(10)16-15(19)17(3)9-11(2)18/h4-7,10-11,14,18H,8-9H2,1-3H3,(H,16,19). The number of likely N-dealkylation sites (N-methyl/N-ethyl adjacent to an activating group) is 1. The molecule has 0 saturated carbocycles. The summed E-state index contributed by atoms with van der Waals surface area (Å²) in [6.45, 7) is 4.17. The lowest BCUT2D eigenvalue weighted by Gasteiger charge is -2.24. The number of fused-ring (bicyclic) bond motifs is 1. The lowest BCUT2D eigenvalue weighted by atomic mass is 10.0. The molecule has 19 heavy (non-hydrogen) atoms. The van der Waals surface area contributed by atoms with Gasteiger partial charge < -0.3 is 15.3 Å². The lowest BCUT2D eigenvalue weighted by Crippen LogP contribution is -2.42. The van der Waals surface area contributed by atoms with Gasteiger partial charge in [-0.15, -0.1) is 0 Å². The minimum atomic E-state index is -0.510. The number of aliphatic hydroxyl groups excluding tert-OH is 1. The van der Waals surface area contributed by atoms with Gasteiger partial charge in [0, 0.05) is 13.6 Å². The Hall–Kier alpha value is -1.55. The predicted molar refractivity (Wildman–Crippen MR) is 74.9 cm³/mol. The fourth-order valence-electron chi connectivity index (χ4n) is 2.74. The topological polar surface area (TPSA) is 52.6 Å². The zero-order chi connectivity index (χ0) is 14.0. The van der Waals surface area contributed by atoms with Crippen molar-refractivity contribution >= 4 is 6.03 Å². The summed E-state index contributed by atoms with van der Waals surface area (Å²) in [5, 5.41) is 12.4. The second kappa shape index (κ2) is 5.61. The Balaban J connectivity index is 2.05. The fraction of sp³-hybridized carbons (Fsp3) is 0.533. The molecule has 1 aliphatic rings. The molecule has 1 aliphatic carbocycles. The maximum atomic E-state index is 12.1. The summed E-state index contributed by atoms with van der Waals surface area (Å²) in [4.78, 5) is 13.6. The largest absolute Gasteiger partial charge is 0.392 e. The van der Waals surface area contributed by atoms with E-state index >= 15 is 0 Å². The first kappa shape index (κ1) is 13.9. The minimum absolute atomic E-state index is 0.0696. The average Bonchev–Trinajstić information content (AvgIpc) is 2.65. The number of aliphatic hydroxyl groups is 1. The molecule has 1 aromatic carbocycles. The summed E-state index contributed by atoms with van der Waals surface area (Å²) < 4.78 is 0. The van der Waals surface area contributed by atoms with E-state index in [-0.39, 0.29) is 12.1 Å². The van der Waals surface area contributed by atoms with Gasteiger partial charge in [0.05, 0.1) is 12.1 Å². The van der Waals surface area contributed by atoms with Gasteiger partial charge in [-0.25, -0.2) is 4.79 Å². The molecule has 1 aromatic rings. The molecule has 0 heterocycles. The Morgan fingerprint density at radius 3 is 2.89 bits per heavy atom. The third-order valence-corrected chi connectivity index (χ3v) is 3.66. The SMILES string of the molecule is CC(O)CN(C)C(=O)NC1c2ccccc2CC1C. The molecule has 0 aromatic heterocycles. The van der Waals surface area contributed by atoms with E-state index in [9.17, 15) is 9.90 Å². The second-order valence-electron chi connectivity index (χ2n) is 5.54. The van der Waals surface area contributed by atoms with Crippen molar-refractivity contribution in [2.24, 2.45) is 5.92 Å². The smallest absolute Gasteiger partial charge is 0.317 e. The number of amides is 2. The normalized spacial score (nSPS) is 22.7. The van der Waals surface area contributed by atoms with E-state index in [1.165, 1.54) is 16.0 Å².